The molecule has 1 saturated heterocycles. The third-order valence-corrected chi connectivity index (χ3v) is 9.09. The minimum absolute atomic E-state index is 0.0277. The zero-order chi connectivity index (χ0) is 22.6. The van der Waals surface area contributed by atoms with Crippen LogP contribution in [0.1, 0.15) is 56.7 Å². The molecule has 6 rings (SSSR count). The smallest absolute Gasteiger partial charge is 0.238 e. The molecule has 0 radical (unpaired) electrons. The van der Waals surface area contributed by atoms with Crippen LogP contribution in [0.15, 0.2) is 17.3 Å². The van der Waals surface area contributed by atoms with Gasteiger partial charge in [0.05, 0.1) is 17.2 Å². The lowest BCUT2D eigenvalue weighted by molar-refractivity contribution is 0.124. The van der Waals surface area contributed by atoms with Crippen LogP contribution in [0.4, 0.5) is 11.8 Å². The van der Waals surface area contributed by atoms with Gasteiger partial charge in [-0.1, -0.05) is 11.6 Å². The molecule has 2 aliphatic heterocycles. The first-order chi connectivity index (χ1) is 16.0. The minimum atomic E-state index is -1.29. The Morgan fingerprint density at radius 1 is 1.18 bits per heavy atom. The van der Waals surface area contributed by atoms with E-state index in [1.54, 1.807) is 12.4 Å². The summed E-state index contributed by atoms with van der Waals surface area (Å²) in [7, 11) is -1.29. The first-order valence-corrected chi connectivity index (χ1v) is 13.2. The molecule has 2 aromatic heterocycles. The van der Waals surface area contributed by atoms with Gasteiger partial charge in [0.15, 0.2) is 11.8 Å². The Morgan fingerprint density at radius 3 is 2.55 bits per heavy atom. The number of rotatable bonds is 5. The first-order valence-electron chi connectivity index (χ1n) is 11.5. The number of aliphatic hydroxyl groups excluding tert-OH is 1. The summed E-state index contributed by atoms with van der Waals surface area (Å²) in [4.78, 5) is 20.9. The molecule has 4 heterocycles. The number of hydrogen-bond donors (Lipinski definition) is 2. The van der Waals surface area contributed by atoms with Crippen LogP contribution < -0.4 is 15.0 Å². The normalized spacial score (nSPS) is 25.2. The molecular formula is C22H27ClN6O3S. The van der Waals surface area contributed by atoms with Crippen LogP contribution in [0.2, 0.25) is 5.02 Å². The van der Waals surface area contributed by atoms with Crippen LogP contribution in [-0.2, 0) is 10.8 Å². The second kappa shape index (κ2) is 8.02. The quantitative estimate of drug-likeness (QED) is 0.652. The van der Waals surface area contributed by atoms with Gasteiger partial charge in [-0.25, -0.2) is 9.97 Å². The third kappa shape index (κ3) is 3.76. The topological polar surface area (TPSA) is 113 Å². The van der Waals surface area contributed by atoms with Gasteiger partial charge in [0.25, 0.3) is 0 Å². The lowest BCUT2D eigenvalue weighted by Crippen LogP contribution is -2.58. The third-order valence-electron chi connectivity index (χ3n) is 7.74. The number of nitrogens with one attached hydrogen (secondary N) is 1. The van der Waals surface area contributed by atoms with Crippen LogP contribution in [-0.4, -0.2) is 60.4 Å². The Labute approximate surface area is 199 Å². The van der Waals surface area contributed by atoms with Gasteiger partial charge in [0.1, 0.15) is 21.5 Å². The minimum Gasteiger partial charge on any atom is -0.463 e. The van der Waals surface area contributed by atoms with Crippen LogP contribution in [0.3, 0.4) is 0 Å². The molecule has 11 heteroatoms. The summed E-state index contributed by atoms with van der Waals surface area (Å²) in [6.45, 7) is 1.82. The molecule has 3 fully saturated rings. The second-order valence-corrected chi connectivity index (χ2v) is 11.7. The fraction of sp³-hybridized carbons (Fsp3) is 0.636. The fourth-order valence-electron chi connectivity index (χ4n) is 5.54. The SMILES string of the molecule is O=S1COc2nc(N3CC4(CCC(c5ncc(Cl)cn5)CC4)C3)nc(NC3(CO)CCC3)c21. The predicted octanol–water partition coefficient (Wildman–Crippen LogP) is 2.87. The van der Waals surface area contributed by atoms with E-state index in [9.17, 15) is 9.32 Å². The summed E-state index contributed by atoms with van der Waals surface area (Å²) in [5.74, 6) is 2.93. The van der Waals surface area contributed by atoms with E-state index in [2.05, 4.69) is 25.2 Å². The Hall–Kier alpha value is -2.04. The van der Waals surface area contributed by atoms with Gasteiger partial charge in [-0.2, -0.15) is 9.97 Å². The molecular weight excluding hydrogens is 464 g/mol. The van der Waals surface area contributed by atoms with Gasteiger partial charge in [0, 0.05) is 36.8 Å². The van der Waals surface area contributed by atoms with E-state index >= 15 is 0 Å². The summed E-state index contributed by atoms with van der Waals surface area (Å²) >= 11 is 5.93. The molecule has 1 spiro atoms. The van der Waals surface area contributed by atoms with Crippen molar-refractivity contribution in [1.82, 2.24) is 19.9 Å². The number of anilines is 2. The van der Waals surface area contributed by atoms with Crippen molar-refractivity contribution in [3.05, 3.63) is 23.2 Å². The van der Waals surface area contributed by atoms with Crippen molar-refractivity contribution in [2.24, 2.45) is 5.41 Å². The van der Waals surface area contributed by atoms with Crippen LogP contribution in [0.5, 0.6) is 5.88 Å². The summed E-state index contributed by atoms with van der Waals surface area (Å²) < 4.78 is 18.1. The highest BCUT2D eigenvalue weighted by atomic mass is 35.5. The second-order valence-electron chi connectivity index (χ2n) is 9.92. The van der Waals surface area contributed by atoms with E-state index in [1.807, 2.05) is 0 Å². The molecule has 4 aliphatic rings. The van der Waals surface area contributed by atoms with E-state index in [0.717, 1.165) is 63.9 Å². The van der Waals surface area contributed by atoms with Crippen LogP contribution >= 0.6 is 11.6 Å². The Morgan fingerprint density at radius 2 is 1.91 bits per heavy atom. The lowest BCUT2D eigenvalue weighted by Gasteiger charge is -2.53. The molecule has 0 amide bonds. The summed E-state index contributed by atoms with van der Waals surface area (Å²) in [6.07, 6.45) is 10.5. The standard InChI is InChI=1S/C22H27ClN6O3S/c23-15-8-24-17(25-9-15)14-2-6-21(7-3-14)10-29(11-21)20-26-18(28-22(12-30)4-1-5-22)16-19(27-20)32-13-33(16)31/h8-9,14,30H,1-7,10-13H2,(H,26,27,28). The van der Waals surface area contributed by atoms with Crippen molar-refractivity contribution in [1.29, 1.82) is 0 Å². The average molecular weight is 491 g/mol. The number of aromatic nitrogens is 4. The van der Waals surface area contributed by atoms with E-state index < -0.39 is 10.8 Å². The molecule has 9 nitrogen and oxygen atoms in total. The Balaban J connectivity index is 1.16. The maximum absolute atomic E-state index is 12.5. The molecule has 0 aromatic carbocycles. The Kier molecular flexibility index (Phi) is 5.23. The number of fused-ring (bicyclic) bond motifs is 1. The van der Waals surface area contributed by atoms with Crippen molar-refractivity contribution in [3.8, 4) is 5.88 Å². The molecule has 2 aromatic rings. The summed E-state index contributed by atoms with van der Waals surface area (Å²) in [5, 5.41) is 13.9. The maximum Gasteiger partial charge on any atom is 0.238 e. The highest BCUT2D eigenvalue weighted by molar-refractivity contribution is 7.85. The van der Waals surface area contributed by atoms with Gasteiger partial charge in [-0.05, 0) is 44.9 Å². The van der Waals surface area contributed by atoms with Crippen molar-refractivity contribution in [2.75, 3.05) is 35.9 Å². The van der Waals surface area contributed by atoms with Crippen molar-refractivity contribution < 1.29 is 14.1 Å². The fourth-order valence-corrected chi connectivity index (χ4v) is 6.58. The number of nitrogens with zero attached hydrogens (tertiary/aromatic N) is 5. The van der Waals surface area contributed by atoms with E-state index in [0.29, 0.717) is 33.5 Å². The average Bonchev–Trinajstić information content (AvgIpc) is 3.16. The van der Waals surface area contributed by atoms with E-state index in [4.69, 9.17) is 21.3 Å². The zero-order valence-corrected chi connectivity index (χ0v) is 19.9. The molecule has 0 bridgehead atoms. The van der Waals surface area contributed by atoms with E-state index in [-0.39, 0.29) is 23.5 Å². The molecule has 2 aliphatic carbocycles. The van der Waals surface area contributed by atoms with Gasteiger partial charge in [-0.3, -0.25) is 4.21 Å². The molecule has 1 unspecified atom stereocenters. The highest BCUT2D eigenvalue weighted by Gasteiger charge is 2.47. The summed E-state index contributed by atoms with van der Waals surface area (Å²) in [5.41, 5.74) is -0.118. The lowest BCUT2D eigenvalue weighted by atomic mass is 9.66. The molecule has 1 atom stereocenters. The monoisotopic (exact) mass is 490 g/mol. The van der Waals surface area contributed by atoms with Gasteiger partial charge < -0.3 is 20.1 Å². The molecule has 33 heavy (non-hydrogen) atoms. The molecule has 176 valence electrons. The van der Waals surface area contributed by atoms with Crippen LogP contribution in [0.25, 0.3) is 0 Å². The number of halogens is 1. The number of hydrogen-bond acceptors (Lipinski definition) is 9. The van der Waals surface area contributed by atoms with Gasteiger partial charge in [0.2, 0.25) is 11.8 Å². The van der Waals surface area contributed by atoms with Crippen molar-refractivity contribution >= 4 is 34.2 Å². The number of aliphatic hydroxyl groups is 1. The number of ether oxygens (including phenoxy) is 1. The molecule has 2 N–H and O–H groups in total. The molecule has 2 saturated carbocycles. The highest BCUT2D eigenvalue weighted by Crippen LogP contribution is 2.49. The maximum atomic E-state index is 12.5. The largest absolute Gasteiger partial charge is 0.463 e. The van der Waals surface area contributed by atoms with Crippen LogP contribution in [0, 0.1) is 5.41 Å². The Bertz CT molecular complexity index is 1070. The van der Waals surface area contributed by atoms with Gasteiger partial charge in [-0.15, -0.1) is 0 Å². The van der Waals surface area contributed by atoms with E-state index in [1.165, 1.54) is 0 Å². The predicted molar refractivity (Wildman–Crippen MR) is 124 cm³/mol. The summed E-state index contributed by atoms with van der Waals surface area (Å²) in [6, 6.07) is 0. The first kappa shape index (κ1) is 21.5. The van der Waals surface area contributed by atoms with Gasteiger partial charge >= 0.3 is 0 Å². The van der Waals surface area contributed by atoms with Crippen molar-refractivity contribution in [3.63, 3.8) is 0 Å². The zero-order valence-electron chi connectivity index (χ0n) is 18.3. The van der Waals surface area contributed by atoms with Crippen molar-refractivity contribution in [2.45, 2.75) is 61.3 Å².